The van der Waals surface area contributed by atoms with Gasteiger partial charge >= 0.3 is 0 Å². The molecule has 1 aromatic carbocycles. The van der Waals surface area contributed by atoms with Crippen molar-refractivity contribution < 1.29 is 4.79 Å². The Morgan fingerprint density at radius 3 is 2.77 bits per heavy atom. The van der Waals surface area contributed by atoms with Crippen LogP contribution in [-0.4, -0.2) is 35.3 Å². The van der Waals surface area contributed by atoms with E-state index in [1.165, 1.54) is 35.1 Å². The van der Waals surface area contributed by atoms with E-state index in [-0.39, 0.29) is 5.78 Å². The molecule has 0 saturated heterocycles. The summed E-state index contributed by atoms with van der Waals surface area (Å²) >= 11 is 0. The fourth-order valence-electron chi connectivity index (χ4n) is 3.98. The number of rotatable bonds is 6. The highest BCUT2D eigenvalue weighted by molar-refractivity contribution is 5.98. The van der Waals surface area contributed by atoms with Gasteiger partial charge in [-0.05, 0) is 66.6 Å². The molecule has 3 heteroatoms. The molecule has 2 heterocycles. The molecule has 134 valence electrons. The lowest BCUT2D eigenvalue weighted by atomic mass is 9.96. The third-order valence-corrected chi connectivity index (χ3v) is 5.51. The fourth-order valence-corrected chi connectivity index (χ4v) is 3.98. The molecule has 2 aromatic rings. The second kappa shape index (κ2) is 7.88. The number of allylic oxidation sites excluding steroid dienone is 1. The van der Waals surface area contributed by atoms with E-state index in [1.54, 1.807) is 6.08 Å². The first-order valence-electron chi connectivity index (χ1n) is 9.66. The molecule has 26 heavy (non-hydrogen) atoms. The van der Waals surface area contributed by atoms with Crippen LogP contribution in [0.5, 0.6) is 0 Å². The van der Waals surface area contributed by atoms with E-state index >= 15 is 0 Å². The Kier molecular flexibility index (Phi) is 5.16. The van der Waals surface area contributed by atoms with Crippen molar-refractivity contribution in [2.24, 2.45) is 0 Å². The normalized spacial score (nSPS) is 17.2. The number of hydrogen-bond acceptors (Lipinski definition) is 2. The van der Waals surface area contributed by atoms with E-state index in [0.717, 1.165) is 38.2 Å². The van der Waals surface area contributed by atoms with Gasteiger partial charge in [-0.3, -0.25) is 9.69 Å². The molecule has 4 rings (SSSR count). The summed E-state index contributed by atoms with van der Waals surface area (Å²) in [6, 6.07) is 10.7. The Hall–Kier alpha value is -2.39. The quantitative estimate of drug-likeness (QED) is 0.793. The summed E-state index contributed by atoms with van der Waals surface area (Å²) in [6.45, 7) is 3.37. The van der Waals surface area contributed by atoms with Gasteiger partial charge in [-0.15, -0.1) is 0 Å². The number of aryl methyl sites for hydroxylation is 1. The molecule has 0 atom stereocenters. The lowest BCUT2D eigenvalue weighted by Crippen LogP contribution is -2.29. The van der Waals surface area contributed by atoms with Gasteiger partial charge in [0.25, 0.3) is 0 Å². The van der Waals surface area contributed by atoms with E-state index in [4.69, 9.17) is 0 Å². The van der Waals surface area contributed by atoms with Crippen LogP contribution in [0.25, 0.3) is 11.6 Å². The number of ketones is 1. The molecule has 2 aliphatic rings. The molecule has 0 saturated carbocycles. The van der Waals surface area contributed by atoms with Gasteiger partial charge in [0.2, 0.25) is 0 Å². The summed E-state index contributed by atoms with van der Waals surface area (Å²) in [7, 11) is 0. The average molecular weight is 346 g/mol. The molecule has 0 amide bonds. The number of unbranched alkanes of at least 4 members (excludes halogenated alkanes) is 1. The number of aromatic nitrogens is 1. The van der Waals surface area contributed by atoms with Gasteiger partial charge in [-0.1, -0.05) is 36.4 Å². The Morgan fingerprint density at radius 1 is 1.08 bits per heavy atom. The molecular formula is C23H26N2O. The Morgan fingerprint density at radius 2 is 1.96 bits per heavy atom. The van der Waals surface area contributed by atoms with E-state index < -0.39 is 0 Å². The van der Waals surface area contributed by atoms with E-state index in [1.807, 2.05) is 6.08 Å². The molecule has 1 aromatic heterocycles. The lowest BCUT2D eigenvalue weighted by Gasteiger charge is -2.26. The second-order valence-electron chi connectivity index (χ2n) is 7.29. The molecular weight excluding hydrogens is 320 g/mol. The SMILES string of the molecule is O=C1C=Cc2[nH]cc(CCCCN3CC=C(c4ccccc4)CC3)c2C1. The smallest absolute Gasteiger partial charge is 0.160 e. The maximum absolute atomic E-state index is 11.6. The maximum Gasteiger partial charge on any atom is 0.160 e. The number of nitrogens with one attached hydrogen (secondary N) is 1. The standard InChI is InChI=1S/C23H26N2O/c26-21-9-10-23-22(16-21)20(17-24-23)8-4-5-13-25-14-11-19(12-15-25)18-6-2-1-3-7-18/h1-3,6-7,9-11,17,24H,4-5,8,12-16H2. The fraction of sp³-hybridized carbons (Fsp3) is 0.348. The van der Waals surface area contributed by atoms with Gasteiger partial charge in [0.15, 0.2) is 5.78 Å². The first-order valence-corrected chi connectivity index (χ1v) is 9.66. The number of hydrogen-bond donors (Lipinski definition) is 1. The van der Waals surface area contributed by atoms with Crippen LogP contribution in [0.3, 0.4) is 0 Å². The second-order valence-corrected chi connectivity index (χ2v) is 7.29. The van der Waals surface area contributed by atoms with Crippen molar-refractivity contribution in [1.29, 1.82) is 0 Å². The number of benzene rings is 1. The van der Waals surface area contributed by atoms with Crippen LogP contribution in [0.4, 0.5) is 0 Å². The largest absolute Gasteiger partial charge is 0.361 e. The minimum absolute atomic E-state index is 0.215. The number of aromatic amines is 1. The Bertz CT molecular complexity index is 829. The van der Waals surface area contributed by atoms with Crippen molar-refractivity contribution in [3.63, 3.8) is 0 Å². The van der Waals surface area contributed by atoms with Crippen LogP contribution in [0, 0.1) is 0 Å². The monoisotopic (exact) mass is 346 g/mol. The van der Waals surface area contributed by atoms with Crippen molar-refractivity contribution in [1.82, 2.24) is 9.88 Å². The van der Waals surface area contributed by atoms with Gasteiger partial charge < -0.3 is 4.98 Å². The van der Waals surface area contributed by atoms with E-state index in [0.29, 0.717) is 6.42 Å². The van der Waals surface area contributed by atoms with Crippen LogP contribution in [0.2, 0.25) is 0 Å². The summed E-state index contributed by atoms with van der Waals surface area (Å²) in [4.78, 5) is 17.5. The molecule has 0 unspecified atom stereocenters. The van der Waals surface area contributed by atoms with E-state index in [2.05, 4.69) is 52.5 Å². The number of fused-ring (bicyclic) bond motifs is 1. The summed E-state index contributed by atoms with van der Waals surface area (Å²) in [5.41, 5.74) is 6.51. The Balaban J connectivity index is 1.23. The van der Waals surface area contributed by atoms with Gasteiger partial charge in [0.1, 0.15) is 0 Å². The molecule has 1 aliphatic carbocycles. The highest BCUT2D eigenvalue weighted by atomic mass is 16.1. The summed E-state index contributed by atoms with van der Waals surface area (Å²) < 4.78 is 0. The zero-order valence-corrected chi connectivity index (χ0v) is 15.2. The van der Waals surface area contributed by atoms with Crippen LogP contribution >= 0.6 is 0 Å². The van der Waals surface area contributed by atoms with E-state index in [9.17, 15) is 4.79 Å². The van der Waals surface area contributed by atoms with Crippen LogP contribution in [0.15, 0.2) is 48.7 Å². The molecule has 0 spiro atoms. The number of nitrogens with zero attached hydrogens (tertiary/aromatic N) is 1. The van der Waals surface area contributed by atoms with Crippen LogP contribution < -0.4 is 0 Å². The number of carbonyl (C=O) groups is 1. The molecule has 0 fully saturated rings. The third-order valence-electron chi connectivity index (χ3n) is 5.51. The van der Waals surface area contributed by atoms with Gasteiger partial charge in [0.05, 0.1) is 0 Å². The highest BCUT2D eigenvalue weighted by Crippen LogP contribution is 2.24. The third kappa shape index (κ3) is 3.88. The average Bonchev–Trinajstić information content (AvgIpc) is 3.08. The minimum Gasteiger partial charge on any atom is -0.361 e. The molecule has 0 radical (unpaired) electrons. The molecule has 0 bridgehead atoms. The zero-order chi connectivity index (χ0) is 17.8. The summed E-state index contributed by atoms with van der Waals surface area (Å²) in [6.07, 6.45) is 13.2. The van der Waals surface area contributed by atoms with Gasteiger partial charge in [0, 0.05) is 31.4 Å². The molecule has 3 nitrogen and oxygen atoms in total. The van der Waals surface area contributed by atoms with Crippen LogP contribution in [0.1, 0.15) is 41.6 Å². The molecule has 1 N–H and O–H groups in total. The van der Waals surface area contributed by atoms with Crippen LogP contribution in [-0.2, 0) is 17.6 Å². The van der Waals surface area contributed by atoms with Crippen molar-refractivity contribution >= 4 is 17.4 Å². The summed E-state index contributed by atoms with van der Waals surface area (Å²) in [5, 5.41) is 0. The molecule has 1 aliphatic heterocycles. The lowest BCUT2D eigenvalue weighted by molar-refractivity contribution is -0.114. The predicted molar refractivity (Wildman–Crippen MR) is 107 cm³/mol. The van der Waals surface area contributed by atoms with Gasteiger partial charge in [-0.2, -0.15) is 0 Å². The van der Waals surface area contributed by atoms with Crippen molar-refractivity contribution in [2.75, 3.05) is 19.6 Å². The van der Waals surface area contributed by atoms with Crippen molar-refractivity contribution in [3.05, 3.63) is 71.1 Å². The number of H-pyrrole nitrogens is 1. The maximum atomic E-state index is 11.6. The topological polar surface area (TPSA) is 36.1 Å². The predicted octanol–water partition coefficient (Wildman–Crippen LogP) is 4.27. The minimum atomic E-state index is 0.215. The van der Waals surface area contributed by atoms with Crippen molar-refractivity contribution in [3.8, 4) is 0 Å². The first-order chi connectivity index (χ1) is 12.8. The Labute approximate surface area is 155 Å². The van der Waals surface area contributed by atoms with Gasteiger partial charge in [-0.25, -0.2) is 0 Å². The highest BCUT2D eigenvalue weighted by Gasteiger charge is 2.16. The summed E-state index contributed by atoms with van der Waals surface area (Å²) in [5.74, 6) is 0.215. The zero-order valence-electron chi connectivity index (χ0n) is 15.2. The first kappa shape index (κ1) is 17.0. The number of carbonyl (C=O) groups excluding carboxylic acids is 1. The van der Waals surface area contributed by atoms with Crippen molar-refractivity contribution in [2.45, 2.75) is 32.1 Å².